The summed E-state index contributed by atoms with van der Waals surface area (Å²) in [6.45, 7) is 7.01. The number of likely N-dealkylation sites (tertiary alicyclic amines) is 1. The van der Waals surface area contributed by atoms with E-state index in [4.69, 9.17) is 0 Å². The Morgan fingerprint density at radius 3 is 2.29 bits per heavy atom. The van der Waals surface area contributed by atoms with Gasteiger partial charge in [0.25, 0.3) is 0 Å². The second-order valence-electron chi connectivity index (χ2n) is 8.40. The molecule has 164 valence electrons. The summed E-state index contributed by atoms with van der Waals surface area (Å²) in [5, 5.41) is 4.09. The number of hydrogen-bond acceptors (Lipinski definition) is 8. The third-order valence-electron chi connectivity index (χ3n) is 6.52. The molecule has 1 aromatic rings. The maximum Gasteiger partial charge on any atom is 0.170 e. The molecule has 8 heteroatoms. The van der Waals surface area contributed by atoms with Crippen LogP contribution in [0, 0.1) is 5.92 Å². The Labute approximate surface area is 182 Å². The van der Waals surface area contributed by atoms with Crippen LogP contribution >= 0.6 is 0 Å². The van der Waals surface area contributed by atoms with Gasteiger partial charge in [0.05, 0.1) is 0 Å². The van der Waals surface area contributed by atoms with E-state index >= 15 is 0 Å². The molecule has 0 amide bonds. The van der Waals surface area contributed by atoms with Crippen LogP contribution in [-0.2, 0) is 4.79 Å². The zero-order valence-corrected chi connectivity index (χ0v) is 17.7. The van der Waals surface area contributed by atoms with E-state index in [0.29, 0.717) is 22.8 Å². The predicted octanol–water partition coefficient (Wildman–Crippen LogP) is 1.19. The van der Waals surface area contributed by atoms with Gasteiger partial charge in [-0.2, -0.15) is 5.10 Å². The molecule has 4 rings (SSSR count). The molecule has 1 atom stereocenters. The van der Waals surface area contributed by atoms with Crippen LogP contribution in [-0.4, -0.2) is 86.3 Å². The van der Waals surface area contributed by atoms with E-state index in [1.165, 1.54) is 0 Å². The highest BCUT2D eigenvalue weighted by Crippen LogP contribution is 2.23. The van der Waals surface area contributed by atoms with E-state index in [1.54, 1.807) is 12.1 Å². The summed E-state index contributed by atoms with van der Waals surface area (Å²) < 4.78 is 0. The average Bonchev–Trinajstić information content (AvgIpc) is 2.84. The number of benzene rings is 1. The lowest BCUT2D eigenvalue weighted by molar-refractivity contribution is -0.102. The summed E-state index contributed by atoms with van der Waals surface area (Å²) in [6.07, 6.45) is 8.43. The van der Waals surface area contributed by atoms with E-state index < -0.39 is 0 Å². The van der Waals surface area contributed by atoms with Gasteiger partial charge in [0, 0.05) is 62.6 Å². The van der Waals surface area contributed by atoms with E-state index in [2.05, 4.69) is 25.2 Å². The first kappa shape index (κ1) is 21.4. The molecule has 2 saturated heterocycles. The molecule has 1 unspecified atom stereocenters. The number of piperidine rings is 1. The van der Waals surface area contributed by atoms with Crippen LogP contribution in [0.4, 0.5) is 5.69 Å². The highest BCUT2D eigenvalue weighted by atomic mass is 16.1. The normalized spacial score (nSPS) is 23.2. The minimum atomic E-state index is 0.0788. The van der Waals surface area contributed by atoms with Gasteiger partial charge < -0.3 is 4.90 Å². The second kappa shape index (κ2) is 9.98. The fourth-order valence-corrected chi connectivity index (χ4v) is 4.62. The van der Waals surface area contributed by atoms with Gasteiger partial charge in [0.2, 0.25) is 0 Å². The first-order valence-corrected chi connectivity index (χ1v) is 10.9. The van der Waals surface area contributed by atoms with Crippen molar-refractivity contribution in [3.05, 3.63) is 41.5 Å². The van der Waals surface area contributed by atoms with Gasteiger partial charge in [0.1, 0.15) is 11.9 Å². The molecule has 3 aliphatic rings. The van der Waals surface area contributed by atoms with Gasteiger partial charge in [-0.1, -0.05) is 0 Å². The van der Waals surface area contributed by atoms with Crippen LogP contribution in [0.15, 0.2) is 35.5 Å². The molecular weight excluding hydrogens is 394 g/mol. The van der Waals surface area contributed by atoms with E-state index in [-0.39, 0.29) is 6.17 Å². The molecule has 0 bridgehead atoms. The average molecular weight is 424 g/mol. The predicted molar refractivity (Wildman–Crippen MR) is 120 cm³/mol. The van der Waals surface area contributed by atoms with Crippen molar-refractivity contribution in [2.24, 2.45) is 11.0 Å². The van der Waals surface area contributed by atoms with E-state index in [1.807, 2.05) is 18.2 Å². The minimum Gasteiger partial charge on any atom is -0.369 e. The van der Waals surface area contributed by atoms with Crippen LogP contribution in [0.1, 0.15) is 33.6 Å². The largest absolute Gasteiger partial charge is 0.369 e. The third-order valence-corrected chi connectivity index (χ3v) is 6.52. The Bertz CT molecular complexity index is 868. The van der Waals surface area contributed by atoms with Crippen LogP contribution in [0.5, 0.6) is 0 Å². The van der Waals surface area contributed by atoms with Crippen molar-refractivity contribution in [3.8, 4) is 0 Å². The Morgan fingerprint density at radius 1 is 0.935 bits per heavy atom. The number of nitrogens with one attached hydrogen (secondary N) is 1. The SMILES string of the molecule is O=CC1=NNC(N2CCC(CN3CCN(c4ccc(C=O)c(C=O)c4)CC3)CC2)C=C1. The summed E-state index contributed by atoms with van der Waals surface area (Å²) in [5.74, 6) is 0.693. The van der Waals surface area contributed by atoms with Crippen LogP contribution < -0.4 is 10.3 Å². The van der Waals surface area contributed by atoms with Gasteiger partial charge in [0.15, 0.2) is 18.9 Å². The van der Waals surface area contributed by atoms with E-state index in [9.17, 15) is 14.4 Å². The molecule has 31 heavy (non-hydrogen) atoms. The summed E-state index contributed by atoms with van der Waals surface area (Å²) in [6, 6.07) is 5.48. The first-order valence-electron chi connectivity index (χ1n) is 10.9. The fourth-order valence-electron chi connectivity index (χ4n) is 4.62. The molecule has 0 saturated carbocycles. The number of hydrazone groups is 1. The second-order valence-corrected chi connectivity index (χ2v) is 8.40. The Hall–Kier alpha value is -2.84. The lowest BCUT2D eigenvalue weighted by atomic mass is 9.95. The molecule has 3 heterocycles. The van der Waals surface area contributed by atoms with Crippen LogP contribution in [0.3, 0.4) is 0 Å². The van der Waals surface area contributed by atoms with Crippen molar-refractivity contribution in [1.29, 1.82) is 0 Å². The van der Waals surface area contributed by atoms with Crippen molar-refractivity contribution >= 4 is 30.3 Å². The van der Waals surface area contributed by atoms with Gasteiger partial charge in [-0.3, -0.25) is 29.6 Å². The highest BCUT2D eigenvalue weighted by molar-refractivity contribution is 6.33. The Kier molecular flexibility index (Phi) is 6.89. The molecule has 0 spiro atoms. The molecular formula is C23H29N5O3. The number of hydrogen-bond donors (Lipinski definition) is 1. The van der Waals surface area contributed by atoms with Crippen molar-refractivity contribution < 1.29 is 14.4 Å². The number of nitrogens with zero attached hydrogens (tertiary/aromatic N) is 4. The number of piperazine rings is 1. The molecule has 0 aliphatic carbocycles. The molecule has 3 aliphatic heterocycles. The van der Waals surface area contributed by atoms with Crippen LogP contribution in [0.25, 0.3) is 0 Å². The summed E-state index contributed by atoms with van der Waals surface area (Å²) in [7, 11) is 0. The number of allylic oxidation sites excluding steroid dienone is 1. The topological polar surface area (TPSA) is 85.3 Å². The smallest absolute Gasteiger partial charge is 0.170 e. The maximum absolute atomic E-state index is 11.2. The monoisotopic (exact) mass is 423 g/mol. The lowest BCUT2D eigenvalue weighted by Gasteiger charge is -2.41. The zero-order valence-electron chi connectivity index (χ0n) is 17.7. The first-order chi connectivity index (χ1) is 15.2. The molecule has 0 aromatic heterocycles. The van der Waals surface area contributed by atoms with Crippen LogP contribution in [0.2, 0.25) is 0 Å². The number of anilines is 1. The number of aldehydes is 3. The third kappa shape index (κ3) is 5.08. The Balaban J connectivity index is 1.22. The van der Waals surface area contributed by atoms with E-state index in [0.717, 1.165) is 83.2 Å². The molecule has 0 radical (unpaired) electrons. The standard InChI is InChI=1S/C23H29N5O3/c29-15-19-1-3-22(13-20(19)16-30)27-11-9-26(10-12-27)14-18-5-7-28(8-6-18)23-4-2-21(17-31)24-25-23/h1-4,13,15-18,23,25H,5-12,14H2. The van der Waals surface area contributed by atoms with Crippen molar-refractivity contribution in [1.82, 2.24) is 15.2 Å². The molecule has 1 aromatic carbocycles. The molecule has 1 N–H and O–H groups in total. The molecule has 8 nitrogen and oxygen atoms in total. The minimum absolute atomic E-state index is 0.0788. The summed E-state index contributed by atoms with van der Waals surface area (Å²) in [5.41, 5.74) is 5.41. The highest BCUT2D eigenvalue weighted by Gasteiger charge is 2.27. The quantitative estimate of drug-likeness (QED) is 0.660. The zero-order chi connectivity index (χ0) is 21.6. The Morgan fingerprint density at radius 2 is 1.68 bits per heavy atom. The number of carbonyl (C=O) groups is 3. The van der Waals surface area contributed by atoms with Gasteiger partial charge >= 0.3 is 0 Å². The van der Waals surface area contributed by atoms with Crippen molar-refractivity contribution in [3.63, 3.8) is 0 Å². The fraction of sp³-hybridized carbons (Fsp3) is 0.478. The van der Waals surface area contributed by atoms with Crippen molar-refractivity contribution in [2.45, 2.75) is 19.0 Å². The number of rotatable bonds is 7. The summed E-state index contributed by atoms with van der Waals surface area (Å²) >= 11 is 0. The van der Waals surface area contributed by atoms with Gasteiger partial charge in [-0.05, 0) is 49.1 Å². The molecule has 2 fully saturated rings. The van der Waals surface area contributed by atoms with Gasteiger partial charge in [-0.25, -0.2) is 0 Å². The van der Waals surface area contributed by atoms with Gasteiger partial charge in [-0.15, -0.1) is 0 Å². The van der Waals surface area contributed by atoms with Crippen molar-refractivity contribution in [2.75, 3.05) is 50.7 Å². The number of carbonyl (C=O) groups excluding carboxylic acids is 3. The lowest BCUT2D eigenvalue weighted by Crippen LogP contribution is -2.51. The maximum atomic E-state index is 11.2. The summed E-state index contributed by atoms with van der Waals surface area (Å²) in [4.78, 5) is 40.2.